The molecule has 0 saturated carbocycles. The van der Waals surface area contributed by atoms with Gasteiger partial charge >= 0.3 is 0 Å². The molecule has 1 rings (SSSR count). The molecular formula is C13H25N3O. The van der Waals surface area contributed by atoms with Crippen molar-refractivity contribution in [3.05, 3.63) is 10.4 Å². The van der Waals surface area contributed by atoms with Crippen LogP contribution in [0.5, 0.6) is 0 Å². The molecule has 98 valence electrons. The Kier molecular flexibility index (Phi) is 4.45. The van der Waals surface area contributed by atoms with Gasteiger partial charge in [0.2, 0.25) is 0 Å². The third-order valence-electron chi connectivity index (χ3n) is 4.03. The zero-order chi connectivity index (χ0) is 13.2. The largest absolute Gasteiger partial charge is 0.374 e. The fraction of sp³-hybridized carbons (Fsp3) is 1.00. The van der Waals surface area contributed by atoms with E-state index < -0.39 is 0 Å². The lowest BCUT2D eigenvalue weighted by atomic mass is 9.72. The minimum absolute atomic E-state index is 0.000671. The first-order valence-electron chi connectivity index (χ1n) is 6.52. The Morgan fingerprint density at radius 1 is 1.24 bits per heavy atom. The molecule has 0 aromatic heterocycles. The van der Waals surface area contributed by atoms with Crippen LogP contribution in [0.1, 0.15) is 48.0 Å². The zero-order valence-corrected chi connectivity index (χ0v) is 11.8. The molecule has 0 bridgehead atoms. The van der Waals surface area contributed by atoms with Crippen LogP contribution in [0.2, 0.25) is 0 Å². The van der Waals surface area contributed by atoms with Crippen LogP contribution >= 0.6 is 0 Å². The Morgan fingerprint density at radius 2 is 1.82 bits per heavy atom. The molecule has 0 spiro atoms. The van der Waals surface area contributed by atoms with Gasteiger partial charge < -0.3 is 4.74 Å². The van der Waals surface area contributed by atoms with E-state index in [9.17, 15) is 0 Å². The molecule has 0 amide bonds. The highest BCUT2D eigenvalue weighted by atomic mass is 16.5. The van der Waals surface area contributed by atoms with Crippen molar-refractivity contribution in [2.45, 2.75) is 66.2 Å². The van der Waals surface area contributed by atoms with Gasteiger partial charge in [-0.1, -0.05) is 46.7 Å². The summed E-state index contributed by atoms with van der Waals surface area (Å²) < 4.78 is 6.18. The van der Waals surface area contributed by atoms with Crippen molar-refractivity contribution in [2.24, 2.45) is 22.4 Å². The highest BCUT2D eigenvalue weighted by Crippen LogP contribution is 2.40. The topological polar surface area (TPSA) is 58.0 Å². The molecule has 1 heterocycles. The molecular weight excluding hydrogens is 214 g/mol. The van der Waals surface area contributed by atoms with Crippen molar-refractivity contribution >= 4 is 0 Å². The van der Waals surface area contributed by atoms with Gasteiger partial charge in [0.05, 0.1) is 18.2 Å². The molecule has 0 radical (unpaired) electrons. The molecule has 0 aromatic rings. The molecule has 1 aliphatic heterocycles. The molecule has 1 aliphatic rings. The monoisotopic (exact) mass is 239 g/mol. The van der Waals surface area contributed by atoms with E-state index in [0.717, 1.165) is 6.42 Å². The Balaban J connectivity index is 3.03. The predicted octanol–water partition coefficient (Wildman–Crippen LogP) is 4.16. The molecule has 2 unspecified atom stereocenters. The van der Waals surface area contributed by atoms with Crippen LogP contribution in [0.4, 0.5) is 0 Å². The van der Waals surface area contributed by atoms with Crippen LogP contribution in [0.3, 0.4) is 0 Å². The summed E-state index contributed by atoms with van der Waals surface area (Å²) in [5.74, 6) is 0.808. The molecule has 0 aliphatic carbocycles. The summed E-state index contributed by atoms with van der Waals surface area (Å²) in [6, 6.07) is -0.0576. The minimum Gasteiger partial charge on any atom is -0.374 e. The van der Waals surface area contributed by atoms with Gasteiger partial charge in [0.15, 0.2) is 0 Å². The van der Waals surface area contributed by atoms with Crippen LogP contribution in [-0.2, 0) is 4.74 Å². The van der Waals surface area contributed by atoms with Crippen LogP contribution in [0, 0.1) is 17.3 Å². The van der Waals surface area contributed by atoms with Crippen molar-refractivity contribution in [3.63, 3.8) is 0 Å². The van der Waals surface area contributed by atoms with Gasteiger partial charge in [0, 0.05) is 4.91 Å². The van der Waals surface area contributed by atoms with Crippen molar-refractivity contribution in [1.82, 2.24) is 0 Å². The van der Waals surface area contributed by atoms with Gasteiger partial charge in [0.1, 0.15) is 0 Å². The van der Waals surface area contributed by atoms with E-state index >= 15 is 0 Å². The summed E-state index contributed by atoms with van der Waals surface area (Å²) in [5, 5.41) is 3.99. The molecule has 1 saturated heterocycles. The molecule has 1 fully saturated rings. The second-order valence-electron chi connectivity index (χ2n) is 6.28. The van der Waals surface area contributed by atoms with Crippen LogP contribution in [0.25, 0.3) is 10.4 Å². The quantitative estimate of drug-likeness (QED) is 0.405. The second kappa shape index (κ2) is 5.28. The summed E-state index contributed by atoms with van der Waals surface area (Å²) in [5.41, 5.74) is 8.73. The normalized spacial score (nSPS) is 38.6. The van der Waals surface area contributed by atoms with Gasteiger partial charge in [0.25, 0.3) is 0 Å². The van der Waals surface area contributed by atoms with Crippen molar-refractivity contribution < 1.29 is 4.74 Å². The van der Waals surface area contributed by atoms with Gasteiger partial charge in [-0.3, -0.25) is 0 Å². The van der Waals surface area contributed by atoms with Crippen molar-refractivity contribution in [3.8, 4) is 0 Å². The molecule has 4 heteroatoms. The number of ether oxygens (including phenoxy) is 1. The van der Waals surface area contributed by atoms with Gasteiger partial charge in [-0.25, -0.2) is 0 Å². The van der Waals surface area contributed by atoms with Gasteiger partial charge in [-0.15, -0.1) is 0 Å². The van der Waals surface area contributed by atoms with E-state index in [0.29, 0.717) is 11.8 Å². The van der Waals surface area contributed by atoms with Gasteiger partial charge in [-0.2, -0.15) is 0 Å². The van der Waals surface area contributed by atoms with E-state index in [1.54, 1.807) is 0 Å². The smallest absolute Gasteiger partial charge is 0.0714 e. The summed E-state index contributed by atoms with van der Waals surface area (Å²) in [6.45, 7) is 13.0. The Morgan fingerprint density at radius 3 is 2.24 bits per heavy atom. The first-order valence-corrected chi connectivity index (χ1v) is 6.52. The van der Waals surface area contributed by atoms with Gasteiger partial charge in [-0.05, 0) is 29.2 Å². The van der Waals surface area contributed by atoms with Crippen LogP contribution in [0.15, 0.2) is 5.11 Å². The lowest BCUT2D eigenvalue weighted by Gasteiger charge is -2.48. The lowest BCUT2D eigenvalue weighted by molar-refractivity contribution is -0.151. The summed E-state index contributed by atoms with van der Waals surface area (Å²) >= 11 is 0. The fourth-order valence-electron chi connectivity index (χ4n) is 2.73. The highest BCUT2D eigenvalue weighted by molar-refractivity contribution is 4.97. The first kappa shape index (κ1) is 14.3. The number of rotatable bonds is 2. The van der Waals surface area contributed by atoms with E-state index in [-0.39, 0.29) is 23.7 Å². The number of hydrogen-bond acceptors (Lipinski definition) is 2. The first-order chi connectivity index (χ1) is 7.82. The van der Waals surface area contributed by atoms with Crippen molar-refractivity contribution in [1.29, 1.82) is 0 Å². The molecule has 5 atom stereocenters. The average Bonchev–Trinajstić information content (AvgIpc) is 2.24. The average molecular weight is 239 g/mol. The Labute approximate surface area is 104 Å². The SMILES string of the molecule is CCC1O[C@@H](C(C)(C)C)C(N=[N+]=[N-])[C@@H](C)[C@@H]1C. The van der Waals surface area contributed by atoms with Crippen molar-refractivity contribution in [2.75, 3.05) is 0 Å². The maximum absolute atomic E-state index is 8.73. The summed E-state index contributed by atoms with van der Waals surface area (Å²) in [4.78, 5) is 3.00. The number of hydrogen-bond donors (Lipinski definition) is 0. The lowest BCUT2D eigenvalue weighted by Crippen LogP contribution is -2.53. The number of nitrogens with zero attached hydrogens (tertiary/aromatic N) is 3. The molecule has 0 N–H and O–H groups in total. The Bertz CT molecular complexity index is 304. The van der Waals surface area contributed by atoms with E-state index in [4.69, 9.17) is 10.3 Å². The van der Waals surface area contributed by atoms with Crippen LogP contribution in [-0.4, -0.2) is 18.2 Å². The minimum atomic E-state index is -0.0576. The third-order valence-corrected chi connectivity index (χ3v) is 4.03. The molecule has 17 heavy (non-hydrogen) atoms. The molecule has 4 nitrogen and oxygen atoms in total. The summed E-state index contributed by atoms with van der Waals surface area (Å²) in [6.07, 6.45) is 1.30. The maximum Gasteiger partial charge on any atom is 0.0714 e. The van der Waals surface area contributed by atoms with Crippen LogP contribution < -0.4 is 0 Å². The third kappa shape index (κ3) is 2.93. The highest BCUT2D eigenvalue weighted by Gasteiger charge is 2.44. The van der Waals surface area contributed by atoms with E-state index in [1.165, 1.54) is 0 Å². The predicted molar refractivity (Wildman–Crippen MR) is 69.7 cm³/mol. The number of azide groups is 1. The Hall–Kier alpha value is -0.730. The van der Waals surface area contributed by atoms with E-state index in [2.05, 4.69) is 51.6 Å². The fourth-order valence-corrected chi connectivity index (χ4v) is 2.73. The zero-order valence-electron chi connectivity index (χ0n) is 11.8. The van der Waals surface area contributed by atoms with E-state index in [1.807, 2.05) is 0 Å². The summed E-state index contributed by atoms with van der Waals surface area (Å²) in [7, 11) is 0. The molecule has 0 aromatic carbocycles. The second-order valence-corrected chi connectivity index (χ2v) is 6.28. The standard InChI is InChI=1S/C13H25N3O/c1-7-10-8(2)9(3)11(15-16-14)12(17-10)13(4,5)6/h8-12H,7H2,1-6H3/t8-,9-,10?,11?,12+/m0/s1. The maximum atomic E-state index is 8.73.